The number of carbonyl (C=O) groups is 3. The van der Waals surface area contributed by atoms with Gasteiger partial charge in [-0.3, -0.25) is 19.1 Å². The van der Waals surface area contributed by atoms with E-state index in [1.807, 2.05) is 48.5 Å². The number of aromatic nitrogens is 2. The number of nitrogens with one attached hydrogen (secondary N) is 2. The quantitative estimate of drug-likeness (QED) is 0.321. The number of ether oxygens (including phenoxy) is 1. The maximum atomic E-state index is 13.1. The number of esters is 1. The van der Waals surface area contributed by atoms with Crippen molar-refractivity contribution in [3.05, 3.63) is 105 Å². The first-order valence-corrected chi connectivity index (χ1v) is 12.9. The van der Waals surface area contributed by atoms with Crippen molar-refractivity contribution >= 4 is 34.8 Å². The minimum atomic E-state index is -1.22. The number of rotatable bonds is 9. The lowest BCUT2D eigenvalue weighted by Crippen LogP contribution is -2.45. The highest BCUT2D eigenvalue weighted by molar-refractivity contribution is 7.12. The molecule has 0 aliphatic rings. The molecule has 9 nitrogen and oxygen atoms in total. The Kier molecular flexibility index (Phi) is 8.22. The van der Waals surface area contributed by atoms with Crippen molar-refractivity contribution in [3.63, 3.8) is 0 Å². The average Bonchev–Trinajstić information content (AvgIpc) is 3.53. The molecule has 10 heteroatoms. The number of anilines is 1. The van der Waals surface area contributed by atoms with Gasteiger partial charge in [-0.15, -0.1) is 11.3 Å². The van der Waals surface area contributed by atoms with E-state index in [2.05, 4.69) is 10.6 Å². The van der Waals surface area contributed by atoms with Crippen molar-refractivity contribution in [1.29, 1.82) is 0 Å². The predicted molar refractivity (Wildman–Crippen MR) is 146 cm³/mol. The summed E-state index contributed by atoms with van der Waals surface area (Å²) in [5.41, 5.74) is 1.69. The SMILES string of the molecule is Cc1c(NC(=O)C(C)OC(=O)[C@H](Cc2ccccc2)NC(=O)c2cccs2)c(=O)n(-c2ccccc2)n1C. The Morgan fingerprint density at radius 2 is 1.63 bits per heavy atom. The van der Waals surface area contributed by atoms with Gasteiger partial charge in [0.25, 0.3) is 17.4 Å². The number of para-hydroxylation sites is 1. The van der Waals surface area contributed by atoms with Crippen LogP contribution in [0.25, 0.3) is 5.69 Å². The largest absolute Gasteiger partial charge is 0.451 e. The summed E-state index contributed by atoms with van der Waals surface area (Å²) >= 11 is 1.25. The standard InChI is InChI=1S/C28H28N4O5S/c1-18-24(27(35)32(31(18)3)21-13-8-5-9-14-21)30-25(33)19(2)37-28(36)22(17-20-11-6-4-7-12-20)29-26(34)23-15-10-16-38-23/h4-16,19,22H,17H2,1-3H3,(H,29,34)(H,30,33)/t19?,22-/m0/s1. The van der Waals surface area contributed by atoms with Crippen LogP contribution >= 0.6 is 11.3 Å². The van der Waals surface area contributed by atoms with E-state index in [0.717, 1.165) is 5.56 Å². The van der Waals surface area contributed by atoms with Crippen LogP contribution in [0.2, 0.25) is 0 Å². The maximum absolute atomic E-state index is 13.1. The van der Waals surface area contributed by atoms with Gasteiger partial charge in [-0.2, -0.15) is 0 Å². The van der Waals surface area contributed by atoms with E-state index >= 15 is 0 Å². The third-order valence-electron chi connectivity index (χ3n) is 6.08. The molecule has 2 aromatic heterocycles. The second kappa shape index (κ2) is 11.7. The molecule has 0 spiro atoms. The van der Waals surface area contributed by atoms with Crippen LogP contribution in [-0.2, 0) is 27.8 Å². The van der Waals surface area contributed by atoms with Crippen molar-refractivity contribution in [2.75, 3.05) is 5.32 Å². The molecule has 0 bridgehead atoms. The molecule has 196 valence electrons. The van der Waals surface area contributed by atoms with Gasteiger partial charge in [0.05, 0.1) is 16.3 Å². The van der Waals surface area contributed by atoms with Crippen LogP contribution < -0.4 is 16.2 Å². The Bertz CT molecular complexity index is 1480. The number of hydrogen-bond donors (Lipinski definition) is 2. The monoisotopic (exact) mass is 532 g/mol. The summed E-state index contributed by atoms with van der Waals surface area (Å²) in [4.78, 5) is 52.3. The molecule has 4 rings (SSSR count). The molecule has 1 unspecified atom stereocenters. The first-order valence-electron chi connectivity index (χ1n) is 12.0. The van der Waals surface area contributed by atoms with Gasteiger partial charge in [0.1, 0.15) is 11.7 Å². The van der Waals surface area contributed by atoms with Gasteiger partial charge in [0.15, 0.2) is 6.10 Å². The minimum Gasteiger partial charge on any atom is -0.451 e. The summed E-state index contributed by atoms with van der Waals surface area (Å²) in [6.45, 7) is 3.13. The van der Waals surface area contributed by atoms with E-state index in [9.17, 15) is 19.2 Å². The summed E-state index contributed by atoms with van der Waals surface area (Å²) in [5.74, 6) is -1.82. The molecule has 0 saturated carbocycles. The fraction of sp³-hybridized carbons (Fsp3) is 0.214. The highest BCUT2D eigenvalue weighted by atomic mass is 32.1. The van der Waals surface area contributed by atoms with Crippen LogP contribution in [-0.4, -0.2) is 39.3 Å². The molecule has 0 saturated heterocycles. The Balaban J connectivity index is 1.48. The van der Waals surface area contributed by atoms with Gasteiger partial charge in [-0.25, -0.2) is 9.48 Å². The zero-order valence-electron chi connectivity index (χ0n) is 21.2. The highest BCUT2D eigenvalue weighted by Gasteiger charge is 2.28. The molecule has 0 aliphatic carbocycles. The van der Waals surface area contributed by atoms with Crippen molar-refractivity contribution in [1.82, 2.24) is 14.7 Å². The van der Waals surface area contributed by atoms with Gasteiger partial charge in [0.2, 0.25) is 0 Å². The molecule has 2 atom stereocenters. The molecule has 2 amide bonds. The van der Waals surface area contributed by atoms with E-state index in [-0.39, 0.29) is 12.1 Å². The third kappa shape index (κ3) is 5.92. The van der Waals surface area contributed by atoms with Gasteiger partial charge < -0.3 is 15.4 Å². The Hall–Kier alpha value is -4.44. The van der Waals surface area contributed by atoms with E-state index in [0.29, 0.717) is 16.3 Å². The maximum Gasteiger partial charge on any atom is 0.329 e. The first-order chi connectivity index (χ1) is 18.3. The topological polar surface area (TPSA) is 111 Å². The van der Waals surface area contributed by atoms with Gasteiger partial charge in [-0.1, -0.05) is 54.6 Å². The molecule has 2 aromatic carbocycles. The molecular weight excluding hydrogens is 504 g/mol. The molecule has 2 N–H and O–H groups in total. The summed E-state index contributed by atoms with van der Waals surface area (Å²) in [5, 5.41) is 7.09. The zero-order valence-corrected chi connectivity index (χ0v) is 22.0. The number of amides is 2. The third-order valence-corrected chi connectivity index (χ3v) is 6.95. The molecule has 2 heterocycles. The van der Waals surface area contributed by atoms with Gasteiger partial charge in [-0.05, 0) is 43.0 Å². The Labute approximate surface area is 223 Å². The fourth-order valence-corrected chi connectivity index (χ4v) is 4.55. The Morgan fingerprint density at radius 3 is 2.26 bits per heavy atom. The molecule has 0 aliphatic heterocycles. The van der Waals surface area contributed by atoms with Crippen molar-refractivity contribution < 1.29 is 19.1 Å². The van der Waals surface area contributed by atoms with Gasteiger partial charge >= 0.3 is 5.97 Å². The predicted octanol–water partition coefficient (Wildman–Crippen LogP) is 3.46. The molecule has 0 fully saturated rings. The van der Waals surface area contributed by atoms with Crippen molar-refractivity contribution in [3.8, 4) is 5.69 Å². The van der Waals surface area contributed by atoms with Crippen LogP contribution in [0.3, 0.4) is 0 Å². The number of hydrogen-bond acceptors (Lipinski definition) is 6. The number of carbonyl (C=O) groups excluding carboxylic acids is 3. The highest BCUT2D eigenvalue weighted by Crippen LogP contribution is 2.15. The van der Waals surface area contributed by atoms with Crippen molar-refractivity contribution in [2.45, 2.75) is 32.4 Å². The first kappa shape index (κ1) is 26.6. The molecular formula is C28H28N4O5S. The van der Waals surface area contributed by atoms with Crippen molar-refractivity contribution in [2.24, 2.45) is 7.05 Å². The zero-order chi connectivity index (χ0) is 27.2. The lowest BCUT2D eigenvalue weighted by Gasteiger charge is -2.20. The molecule has 4 aromatic rings. The summed E-state index contributed by atoms with van der Waals surface area (Å²) in [7, 11) is 1.72. The number of thiophene rings is 1. The van der Waals surface area contributed by atoms with E-state index in [1.165, 1.54) is 22.9 Å². The second-order valence-corrected chi connectivity index (χ2v) is 9.65. The average molecular weight is 533 g/mol. The van der Waals surface area contributed by atoms with E-state index in [4.69, 9.17) is 4.74 Å². The van der Waals surface area contributed by atoms with Crippen LogP contribution in [0.5, 0.6) is 0 Å². The normalized spacial score (nSPS) is 12.4. The fourth-order valence-electron chi connectivity index (χ4n) is 3.93. The number of benzene rings is 2. The smallest absolute Gasteiger partial charge is 0.329 e. The van der Waals surface area contributed by atoms with Crippen LogP contribution in [0.1, 0.15) is 27.9 Å². The Morgan fingerprint density at radius 1 is 0.974 bits per heavy atom. The summed E-state index contributed by atoms with van der Waals surface area (Å²) in [6.07, 6.45) is -1.03. The van der Waals surface area contributed by atoms with Crippen LogP contribution in [0.15, 0.2) is 83.0 Å². The van der Waals surface area contributed by atoms with E-state index < -0.39 is 35.5 Å². The number of nitrogens with zero attached hydrogens (tertiary/aromatic N) is 2. The lowest BCUT2D eigenvalue weighted by molar-refractivity contribution is -0.155. The van der Waals surface area contributed by atoms with Crippen LogP contribution in [0, 0.1) is 6.92 Å². The summed E-state index contributed by atoms with van der Waals surface area (Å²) in [6, 6.07) is 20.6. The minimum absolute atomic E-state index is 0.0936. The van der Waals surface area contributed by atoms with Crippen LogP contribution in [0.4, 0.5) is 5.69 Å². The summed E-state index contributed by atoms with van der Waals surface area (Å²) < 4.78 is 8.54. The van der Waals surface area contributed by atoms with E-state index in [1.54, 1.807) is 48.3 Å². The lowest BCUT2D eigenvalue weighted by atomic mass is 10.1. The molecule has 0 radical (unpaired) electrons. The molecule has 38 heavy (non-hydrogen) atoms. The van der Waals surface area contributed by atoms with Gasteiger partial charge in [0, 0.05) is 13.5 Å². The second-order valence-electron chi connectivity index (χ2n) is 8.70.